The first-order valence-corrected chi connectivity index (χ1v) is 17.2. The summed E-state index contributed by atoms with van der Waals surface area (Å²) in [5.74, 6) is 2.69. The van der Waals surface area contributed by atoms with E-state index in [0.29, 0.717) is 11.3 Å². The van der Waals surface area contributed by atoms with Crippen molar-refractivity contribution in [2.24, 2.45) is 23.3 Å². The molecule has 0 unspecified atom stereocenters. The Morgan fingerprint density at radius 3 is 2.20 bits per heavy atom. The number of hydrogen-bond donors (Lipinski definition) is 0. The van der Waals surface area contributed by atoms with Gasteiger partial charge in [0.25, 0.3) is 0 Å². The van der Waals surface area contributed by atoms with Gasteiger partial charge in [0.2, 0.25) is 5.69 Å². The molecule has 2 heteroatoms. The highest BCUT2D eigenvalue weighted by molar-refractivity contribution is 6.16. The van der Waals surface area contributed by atoms with Crippen LogP contribution in [0.5, 0.6) is 11.5 Å². The number of pyridine rings is 1. The van der Waals surface area contributed by atoms with Gasteiger partial charge in [0, 0.05) is 17.0 Å². The fraction of sp³-hybridized carbons (Fsp3) is 0.465. The summed E-state index contributed by atoms with van der Waals surface area (Å²) >= 11 is 0. The lowest BCUT2D eigenvalue weighted by Crippen LogP contribution is -2.32. The maximum absolute atomic E-state index is 7.15. The van der Waals surface area contributed by atoms with Crippen LogP contribution in [0.15, 0.2) is 54.7 Å². The zero-order chi connectivity index (χ0) is 32.1. The second-order valence-electron chi connectivity index (χ2n) is 17.6. The first-order chi connectivity index (χ1) is 21.1. The van der Waals surface area contributed by atoms with Gasteiger partial charge in [-0.3, -0.25) is 0 Å². The highest BCUT2D eigenvalue weighted by Crippen LogP contribution is 2.53. The highest BCUT2D eigenvalue weighted by Gasteiger charge is 2.35. The summed E-state index contributed by atoms with van der Waals surface area (Å²) in [6.07, 6.45) is 9.47. The molecule has 0 radical (unpaired) electrons. The minimum Gasteiger partial charge on any atom is -0.455 e. The second-order valence-corrected chi connectivity index (χ2v) is 17.6. The van der Waals surface area contributed by atoms with E-state index in [1.54, 1.807) is 0 Å². The lowest BCUT2D eigenvalue weighted by atomic mass is 9.71. The van der Waals surface area contributed by atoms with E-state index < -0.39 is 0 Å². The summed E-state index contributed by atoms with van der Waals surface area (Å²) < 4.78 is 9.48. The van der Waals surface area contributed by atoms with Crippen LogP contribution >= 0.6 is 0 Å². The topological polar surface area (TPSA) is 13.1 Å². The predicted molar refractivity (Wildman–Crippen MR) is 192 cm³/mol. The Kier molecular flexibility index (Phi) is 6.94. The predicted octanol–water partition coefficient (Wildman–Crippen LogP) is 11.9. The number of fused-ring (bicyclic) bond motifs is 5. The number of benzene rings is 4. The van der Waals surface area contributed by atoms with E-state index >= 15 is 0 Å². The van der Waals surface area contributed by atoms with E-state index in [2.05, 4.69) is 129 Å². The lowest BCUT2D eigenvalue weighted by Gasteiger charge is -2.34. The van der Waals surface area contributed by atoms with E-state index in [0.717, 1.165) is 24.3 Å². The molecular formula is C43H52NO+. The van der Waals surface area contributed by atoms with Crippen molar-refractivity contribution < 1.29 is 9.30 Å². The Balaban J connectivity index is 1.49. The van der Waals surface area contributed by atoms with Gasteiger partial charge in [0.1, 0.15) is 18.5 Å². The molecule has 1 aliphatic heterocycles. The summed E-state index contributed by atoms with van der Waals surface area (Å²) in [6.45, 7) is 21.2. The normalized spacial score (nSPS) is 16.8. The van der Waals surface area contributed by atoms with Crippen molar-refractivity contribution in [3.63, 3.8) is 0 Å². The highest BCUT2D eigenvalue weighted by atomic mass is 16.5. The van der Waals surface area contributed by atoms with Crippen molar-refractivity contribution in [1.29, 1.82) is 0 Å². The molecule has 45 heavy (non-hydrogen) atoms. The molecule has 0 atom stereocenters. The number of hydrogen-bond acceptors (Lipinski definition) is 1. The van der Waals surface area contributed by atoms with Crippen LogP contribution in [0.25, 0.3) is 43.6 Å². The van der Waals surface area contributed by atoms with Gasteiger partial charge in [-0.2, -0.15) is 0 Å². The number of aromatic nitrogens is 1. The molecule has 1 aliphatic carbocycles. The molecule has 7 rings (SSSR count). The van der Waals surface area contributed by atoms with Gasteiger partial charge in [-0.25, -0.2) is 4.57 Å². The van der Waals surface area contributed by atoms with Crippen LogP contribution in [-0.2, 0) is 19.9 Å². The molecular weight excluding hydrogens is 546 g/mol. The molecule has 2 heterocycles. The maximum atomic E-state index is 7.15. The van der Waals surface area contributed by atoms with Crippen LogP contribution in [-0.4, -0.2) is 0 Å². The SMILES string of the molecule is Cc1c2c(c(CC(C)(C)C)c3ccc(CC(C)(C)C)cc13)Oc1cc3ccc(C4CCC(C)(C)CC4)cc3c3cc[n+](C)c-2c13. The van der Waals surface area contributed by atoms with E-state index in [9.17, 15) is 0 Å². The molecule has 2 aliphatic rings. The minimum atomic E-state index is 0.117. The van der Waals surface area contributed by atoms with E-state index in [1.165, 1.54) is 91.5 Å². The molecule has 4 aromatic carbocycles. The molecule has 0 spiro atoms. The van der Waals surface area contributed by atoms with Gasteiger partial charge in [0.15, 0.2) is 6.20 Å². The third-order valence-electron chi connectivity index (χ3n) is 10.6. The first-order valence-electron chi connectivity index (χ1n) is 17.2. The fourth-order valence-electron chi connectivity index (χ4n) is 8.32. The number of rotatable bonds is 3. The Morgan fingerprint density at radius 2 is 1.51 bits per heavy atom. The van der Waals surface area contributed by atoms with Gasteiger partial charge in [-0.15, -0.1) is 0 Å². The van der Waals surface area contributed by atoms with Crippen molar-refractivity contribution in [3.8, 4) is 22.8 Å². The molecule has 0 bridgehead atoms. The van der Waals surface area contributed by atoms with Gasteiger partial charge in [0.05, 0.1) is 10.9 Å². The molecule has 1 saturated carbocycles. The zero-order valence-electron chi connectivity index (χ0n) is 29.4. The van der Waals surface area contributed by atoms with Gasteiger partial charge >= 0.3 is 0 Å². The summed E-state index contributed by atoms with van der Waals surface area (Å²) in [4.78, 5) is 0. The zero-order valence-corrected chi connectivity index (χ0v) is 29.4. The number of nitrogens with zero attached hydrogens (tertiary/aromatic N) is 1. The van der Waals surface area contributed by atoms with Gasteiger partial charge in [-0.05, 0) is 112 Å². The van der Waals surface area contributed by atoms with Crippen molar-refractivity contribution >= 4 is 32.3 Å². The Labute approximate surface area is 270 Å². The summed E-state index contributed by atoms with van der Waals surface area (Å²) in [6, 6.07) is 19.1. The maximum Gasteiger partial charge on any atom is 0.228 e. The molecule has 0 N–H and O–H groups in total. The van der Waals surface area contributed by atoms with Crippen LogP contribution in [0, 0.1) is 23.2 Å². The molecule has 0 amide bonds. The van der Waals surface area contributed by atoms with E-state index in [-0.39, 0.29) is 10.8 Å². The third-order valence-corrected chi connectivity index (χ3v) is 10.6. The third kappa shape index (κ3) is 5.43. The van der Waals surface area contributed by atoms with Crippen LogP contribution in [0.2, 0.25) is 0 Å². The van der Waals surface area contributed by atoms with Crippen molar-refractivity contribution in [1.82, 2.24) is 0 Å². The van der Waals surface area contributed by atoms with E-state index in [1.807, 2.05) is 0 Å². The lowest BCUT2D eigenvalue weighted by molar-refractivity contribution is -0.659. The Morgan fingerprint density at radius 1 is 0.800 bits per heavy atom. The number of ether oxygens (including phenoxy) is 1. The molecule has 1 aromatic heterocycles. The Bertz CT molecular complexity index is 1990. The molecule has 1 fully saturated rings. The van der Waals surface area contributed by atoms with Crippen LogP contribution in [0.1, 0.15) is 109 Å². The van der Waals surface area contributed by atoms with Gasteiger partial charge in [-0.1, -0.05) is 91.8 Å². The first kappa shape index (κ1) is 30.3. The van der Waals surface area contributed by atoms with Crippen LogP contribution in [0.4, 0.5) is 0 Å². The van der Waals surface area contributed by atoms with Crippen molar-refractivity contribution in [3.05, 3.63) is 77.0 Å². The molecule has 0 saturated heterocycles. The monoisotopic (exact) mass is 598 g/mol. The second kappa shape index (κ2) is 10.3. The summed E-state index contributed by atoms with van der Waals surface area (Å²) in [5.41, 5.74) is 8.93. The number of aryl methyl sites for hydroxylation is 2. The molecule has 234 valence electrons. The molecule has 2 nitrogen and oxygen atoms in total. The smallest absolute Gasteiger partial charge is 0.228 e. The van der Waals surface area contributed by atoms with Crippen LogP contribution in [0.3, 0.4) is 0 Å². The van der Waals surface area contributed by atoms with Crippen LogP contribution < -0.4 is 9.30 Å². The summed E-state index contributed by atoms with van der Waals surface area (Å²) in [5, 5.41) is 7.86. The fourth-order valence-corrected chi connectivity index (χ4v) is 8.32. The van der Waals surface area contributed by atoms with E-state index in [4.69, 9.17) is 4.74 Å². The standard InChI is InChI=1S/C43H52NO/c1-26-33-21-27(24-41(2,3)4)11-14-31(33)35(25-42(5,6)7)40-37(26)39-38-32(17-20-44(39)10)34-22-29(12-13-30(34)23-36(38)45-40)28-15-18-43(8,9)19-16-28/h11-14,17,20-23,28H,15-16,18-19,24-25H2,1-10H3/q+1. The minimum absolute atomic E-state index is 0.117. The van der Waals surface area contributed by atoms with Crippen molar-refractivity contribution in [2.45, 2.75) is 107 Å². The largest absolute Gasteiger partial charge is 0.455 e. The summed E-state index contributed by atoms with van der Waals surface area (Å²) in [7, 11) is 2.21. The Hall–Kier alpha value is -3.39. The average Bonchev–Trinajstić information content (AvgIpc) is 2.94. The van der Waals surface area contributed by atoms with Crippen molar-refractivity contribution in [2.75, 3.05) is 0 Å². The quantitative estimate of drug-likeness (QED) is 0.146. The molecule has 5 aromatic rings. The van der Waals surface area contributed by atoms with Gasteiger partial charge < -0.3 is 4.74 Å². The average molecular weight is 599 g/mol.